The third kappa shape index (κ3) is 5.30. The first kappa shape index (κ1) is 16.3. The molecular weight excluding hydrogens is 286 g/mol. The zero-order valence-corrected chi connectivity index (χ0v) is 13.7. The van der Waals surface area contributed by atoms with Crippen molar-refractivity contribution in [1.29, 1.82) is 0 Å². The lowest BCUT2D eigenvalue weighted by Crippen LogP contribution is -2.49. The third-order valence-corrected chi connectivity index (χ3v) is 4.46. The van der Waals surface area contributed by atoms with Crippen molar-refractivity contribution in [3.05, 3.63) is 22.4 Å². The van der Waals surface area contributed by atoms with Crippen LogP contribution < -0.4 is 5.32 Å². The van der Waals surface area contributed by atoms with E-state index >= 15 is 0 Å². The van der Waals surface area contributed by atoms with Crippen molar-refractivity contribution >= 4 is 17.4 Å². The van der Waals surface area contributed by atoms with Gasteiger partial charge in [0.05, 0.1) is 19.8 Å². The van der Waals surface area contributed by atoms with Gasteiger partial charge in [-0.3, -0.25) is 4.90 Å². The molecule has 1 saturated heterocycles. The van der Waals surface area contributed by atoms with Crippen LogP contribution in [0.5, 0.6) is 0 Å². The van der Waals surface area contributed by atoms with Gasteiger partial charge in [-0.15, -0.1) is 11.3 Å². The summed E-state index contributed by atoms with van der Waals surface area (Å²) < 4.78 is 5.34. The van der Waals surface area contributed by atoms with Crippen molar-refractivity contribution in [1.82, 2.24) is 15.1 Å². The lowest BCUT2D eigenvalue weighted by atomic mass is 10.3. The molecule has 2 heterocycles. The minimum atomic E-state index is 0.0201. The quantitative estimate of drug-likeness (QED) is 0.874. The van der Waals surface area contributed by atoms with Crippen LogP contribution in [0.15, 0.2) is 17.5 Å². The maximum absolute atomic E-state index is 12.3. The molecule has 1 aromatic rings. The molecule has 2 rings (SSSR count). The molecule has 2 amide bonds. The van der Waals surface area contributed by atoms with E-state index in [0.29, 0.717) is 13.1 Å². The number of ether oxygens (including phenoxy) is 1. The summed E-state index contributed by atoms with van der Waals surface area (Å²) in [6.45, 7) is 9.84. The van der Waals surface area contributed by atoms with Gasteiger partial charge in [-0.05, 0) is 25.3 Å². The van der Waals surface area contributed by atoms with Crippen LogP contribution >= 0.6 is 11.3 Å². The van der Waals surface area contributed by atoms with Gasteiger partial charge in [0.1, 0.15) is 0 Å². The fourth-order valence-electron chi connectivity index (χ4n) is 2.44. The van der Waals surface area contributed by atoms with Gasteiger partial charge >= 0.3 is 6.03 Å². The Labute approximate surface area is 130 Å². The van der Waals surface area contributed by atoms with E-state index in [2.05, 4.69) is 23.2 Å². The Morgan fingerprint density at radius 1 is 1.52 bits per heavy atom. The molecule has 1 fully saturated rings. The fraction of sp³-hybridized carbons (Fsp3) is 0.667. The molecule has 5 nitrogen and oxygen atoms in total. The van der Waals surface area contributed by atoms with Gasteiger partial charge in [-0.1, -0.05) is 6.07 Å². The molecule has 1 atom stereocenters. The average molecular weight is 311 g/mol. The summed E-state index contributed by atoms with van der Waals surface area (Å²) in [5.41, 5.74) is 0. The van der Waals surface area contributed by atoms with Gasteiger partial charge in [-0.2, -0.15) is 0 Å². The van der Waals surface area contributed by atoms with Gasteiger partial charge < -0.3 is 15.0 Å². The highest BCUT2D eigenvalue weighted by molar-refractivity contribution is 7.09. The number of urea groups is 1. The molecule has 0 radical (unpaired) electrons. The Morgan fingerprint density at radius 2 is 2.29 bits per heavy atom. The largest absolute Gasteiger partial charge is 0.379 e. The average Bonchev–Trinajstić information content (AvgIpc) is 2.98. The highest BCUT2D eigenvalue weighted by Crippen LogP contribution is 2.12. The lowest BCUT2D eigenvalue weighted by molar-refractivity contribution is 0.0346. The molecule has 1 unspecified atom stereocenters. The second-order valence-corrected chi connectivity index (χ2v) is 6.39. The first-order valence-electron chi connectivity index (χ1n) is 7.57. The number of carbonyl (C=O) groups is 1. The van der Waals surface area contributed by atoms with Crippen molar-refractivity contribution in [3.63, 3.8) is 0 Å². The molecule has 0 spiro atoms. The SMILES string of the molecule is CCN(Cc1cccs1)C(=O)NC(C)CN1CCOCC1. The summed E-state index contributed by atoms with van der Waals surface area (Å²) in [6.07, 6.45) is 0. The molecule has 6 heteroatoms. The second kappa shape index (κ2) is 8.36. The first-order valence-corrected chi connectivity index (χ1v) is 8.45. The normalized spacial score (nSPS) is 17.4. The number of thiophene rings is 1. The van der Waals surface area contributed by atoms with Crippen molar-refractivity contribution < 1.29 is 9.53 Å². The van der Waals surface area contributed by atoms with E-state index in [1.165, 1.54) is 4.88 Å². The van der Waals surface area contributed by atoms with Crippen LogP contribution in [0.25, 0.3) is 0 Å². The van der Waals surface area contributed by atoms with E-state index in [1.54, 1.807) is 11.3 Å². The van der Waals surface area contributed by atoms with E-state index in [9.17, 15) is 4.79 Å². The maximum Gasteiger partial charge on any atom is 0.317 e. The Balaban J connectivity index is 1.77. The highest BCUT2D eigenvalue weighted by Gasteiger charge is 2.18. The van der Waals surface area contributed by atoms with Crippen LogP contribution in [0.2, 0.25) is 0 Å². The van der Waals surface area contributed by atoms with E-state index in [1.807, 2.05) is 23.3 Å². The summed E-state index contributed by atoms with van der Waals surface area (Å²) in [6, 6.07) is 4.25. The second-order valence-electron chi connectivity index (χ2n) is 5.36. The number of hydrogen-bond acceptors (Lipinski definition) is 4. The Hall–Kier alpha value is -1.11. The van der Waals surface area contributed by atoms with Gasteiger partial charge in [0, 0.05) is 37.1 Å². The molecular formula is C15H25N3O2S. The predicted octanol–water partition coefficient (Wildman–Crippen LogP) is 2.00. The van der Waals surface area contributed by atoms with E-state index in [4.69, 9.17) is 4.74 Å². The number of nitrogens with zero attached hydrogens (tertiary/aromatic N) is 2. The summed E-state index contributed by atoms with van der Waals surface area (Å²) in [5, 5.41) is 5.14. The molecule has 1 N–H and O–H groups in total. The first-order chi connectivity index (χ1) is 10.2. The van der Waals surface area contributed by atoms with E-state index in [-0.39, 0.29) is 12.1 Å². The molecule has 1 aromatic heterocycles. The number of amides is 2. The van der Waals surface area contributed by atoms with Crippen LogP contribution in [0.3, 0.4) is 0 Å². The molecule has 0 bridgehead atoms. The maximum atomic E-state index is 12.3. The van der Waals surface area contributed by atoms with Gasteiger partial charge in [0.15, 0.2) is 0 Å². The lowest BCUT2D eigenvalue weighted by Gasteiger charge is -2.30. The molecule has 21 heavy (non-hydrogen) atoms. The molecule has 0 aromatic carbocycles. The topological polar surface area (TPSA) is 44.8 Å². The minimum Gasteiger partial charge on any atom is -0.379 e. The fourth-order valence-corrected chi connectivity index (χ4v) is 3.16. The number of rotatable bonds is 6. The number of nitrogens with one attached hydrogen (secondary N) is 1. The Morgan fingerprint density at radius 3 is 2.90 bits per heavy atom. The van der Waals surface area contributed by atoms with Crippen LogP contribution in [0, 0.1) is 0 Å². The van der Waals surface area contributed by atoms with E-state index in [0.717, 1.165) is 32.8 Å². The van der Waals surface area contributed by atoms with Crippen LogP contribution in [-0.4, -0.2) is 61.3 Å². The zero-order valence-electron chi connectivity index (χ0n) is 12.9. The predicted molar refractivity (Wildman–Crippen MR) is 85.7 cm³/mol. The van der Waals surface area contributed by atoms with E-state index < -0.39 is 0 Å². The molecule has 0 saturated carbocycles. The summed E-state index contributed by atoms with van der Waals surface area (Å²) >= 11 is 1.69. The number of carbonyl (C=O) groups excluding carboxylic acids is 1. The Kier molecular flexibility index (Phi) is 6.48. The molecule has 1 aliphatic rings. The zero-order chi connectivity index (χ0) is 15.1. The van der Waals surface area contributed by atoms with Crippen LogP contribution in [0.4, 0.5) is 4.79 Å². The van der Waals surface area contributed by atoms with Gasteiger partial charge in [-0.25, -0.2) is 4.79 Å². The molecule has 0 aliphatic carbocycles. The van der Waals surface area contributed by atoms with Crippen molar-refractivity contribution in [2.45, 2.75) is 26.4 Å². The van der Waals surface area contributed by atoms with Crippen molar-refractivity contribution in [2.24, 2.45) is 0 Å². The smallest absolute Gasteiger partial charge is 0.317 e. The summed E-state index contributed by atoms with van der Waals surface area (Å²) in [7, 11) is 0. The number of hydrogen-bond donors (Lipinski definition) is 1. The summed E-state index contributed by atoms with van der Waals surface area (Å²) in [5.74, 6) is 0. The monoisotopic (exact) mass is 311 g/mol. The minimum absolute atomic E-state index is 0.0201. The summed E-state index contributed by atoms with van der Waals surface area (Å²) in [4.78, 5) is 17.7. The van der Waals surface area contributed by atoms with Crippen LogP contribution in [-0.2, 0) is 11.3 Å². The van der Waals surface area contributed by atoms with Crippen molar-refractivity contribution in [2.75, 3.05) is 39.4 Å². The third-order valence-electron chi connectivity index (χ3n) is 3.60. The standard InChI is InChI=1S/C15H25N3O2S/c1-3-18(12-14-5-4-10-21-14)15(19)16-13(2)11-17-6-8-20-9-7-17/h4-5,10,13H,3,6-9,11-12H2,1-2H3,(H,16,19). The van der Waals surface area contributed by atoms with Crippen molar-refractivity contribution in [3.8, 4) is 0 Å². The Bertz CT molecular complexity index is 419. The van der Waals surface area contributed by atoms with Gasteiger partial charge in [0.2, 0.25) is 0 Å². The molecule has 1 aliphatic heterocycles. The number of morpholine rings is 1. The molecule has 118 valence electrons. The highest BCUT2D eigenvalue weighted by atomic mass is 32.1. The van der Waals surface area contributed by atoms with Gasteiger partial charge in [0.25, 0.3) is 0 Å². The van der Waals surface area contributed by atoms with Crippen LogP contribution in [0.1, 0.15) is 18.7 Å².